The zero-order chi connectivity index (χ0) is 13.9. The van der Waals surface area contributed by atoms with E-state index < -0.39 is 5.41 Å². The Balaban J connectivity index is 2.64. The molecule has 0 spiro atoms. The summed E-state index contributed by atoms with van der Waals surface area (Å²) in [6, 6.07) is 1.75. The summed E-state index contributed by atoms with van der Waals surface area (Å²) in [7, 11) is 1.58. The van der Waals surface area contributed by atoms with Crippen molar-refractivity contribution in [1.29, 1.82) is 0 Å². The maximum absolute atomic E-state index is 11.9. The molecule has 0 unspecified atom stereocenters. The largest absolute Gasteiger partial charge is 0.359 e. The van der Waals surface area contributed by atoms with Gasteiger partial charge in [0, 0.05) is 18.1 Å². The lowest BCUT2D eigenvalue weighted by Crippen LogP contribution is -2.43. The molecule has 0 bridgehead atoms. The topological polar surface area (TPSA) is 58.2 Å². The lowest BCUT2D eigenvalue weighted by Gasteiger charge is -2.22. The van der Waals surface area contributed by atoms with Gasteiger partial charge in [0.1, 0.15) is 0 Å². The minimum absolute atomic E-state index is 0.101. The van der Waals surface area contributed by atoms with Crippen LogP contribution in [0.5, 0.6) is 0 Å². The van der Waals surface area contributed by atoms with E-state index in [1.54, 1.807) is 27.0 Å². The van der Waals surface area contributed by atoms with Crippen molar-refractivity contribution in [3.05, 3.63) is 19.2 Å². The van der Waals surface area contributed by atoms with Gasteiger partial charge in [0.2, 0.25) is 5.91 Å². The Bertz CT molecular complexity index is 452. The first-order chi connectivity index (χ1) is 8.27. The number of carbonyl (C=O) groups excluding carboxylic acids is 2. The molecular formula is C11H14Br2N2O2S. The van der Waals surface area contributed by atoms with Gasteiger partial charge in [-0.05, 0) is 51.8 Å². The second-order valence-corrected chi connectivity index (χ2v) is 7.60. The van der Waals surface area contributed by atoms with E-state index in [4.69, 9.17) is 0 Å². The maximum Gasteiger partial charge on any atom is 0.261 e. The van der Waals surface area contributed by atoms with E-state index in [1.165, 1.54) is 11.3 Å². The van der Waals surface area contributed by atoms with Crippen LogP contribution >= 0.6 is 43.2 Å². The fourth-order valence-corrected chi connectivity index (χ4v) is 3.22. The summed E-state index contributed by atoms with van der Waals surface area (Å²) in [6.45, 7) is 3.86. The third-order valence-corrected chi connectivity index (χ3v) is 5.66. The molecule has 0 aliphatic carbocycles. The predicted octanol–water partition coefficient (Wildman–Crippen LogP) is 2.78. The molecule has 4 nitrogen and oxygen atoms in total. The number of nitrogens with one attached hydrogen (secondary N) is 2. The number of carbonyl (C=O) groups is 2. The first kappa shape index (κ1) is 15.7. The summed E-state index contributed by atoms with van der Waals surface area (Å²) >= 11 is 8.01. The van der Waals surface area contributed by atoms with Gasteiger partial charge in [-0.2, -0.15) is 0 Å². The number of rotatable bonds is 4. The highest BCUT2D eigenvalue weighted by molar-refractivity contribution is 9.13. The highest BCUT2D eigenvalue weighted by atomic mass is 79.9. The Morgan fingerprint density at radius 1 is 1.39 bits per heavy atom. The van der Waals surface area contributed by atoms with Crippen molar-refractivity contribution < 1.29 is 9.59 Å². The van der Waals surface area contributed by atoms with Crippen LogP contribution in [-0.2, 0) is 4.79 Å². The molecular weight excluding hydrogens is 384 g/mol. The molecule has 18 heavy (non-hydrogen) atoms. The Labute approximate surface area is 127 Å². The Morgan fingerprint density at radius 3 is 2.44 bits per heavy atom. The van der Waals surface area contributed by atoms with E-state index in [1.807, 2.05) is 0 Å². The molecule has 0 saturated carbocycles. The fraction of sp³-hybridized carbons (Fsp3) is 0.455. The minimum Gasteiger partial charge on any atom is -0.359 e. The molecule has 0 aromatic carbocycles. The smallest absolute Gasteiger partial charge is 0.261 e. The van der Waals surface area contributed by atoms with E-state index in [0.717, 1.165) is 8.26 Å². The van der Waals surface area contributed by atoms with Gasteiger partial charge in [0.05, 0.1) is 14.1 Å². The lowest BCUT2D eigenvalue weighted by molar-refractivity contribution is -0.128. The van der Waals surface area contributed by atoms with Crippen LogP contribution in [0, 0.1) is 5.41 Å². The van der Waals surface area contributed by atoms with Crippen LogP contribution < -0.4 is 10.6 Å². The summed E-state index contributed by atoms with van der Waals surface area (Å²) in [6.07, 6.45) is 0. The first-order valence-electron chi connectivity index (χ1n) is 5.23. The summed E-state index contributed by atoms with van der Waals surface area (Å²) in [5.41, 5.74) is -0.629. The van der Waals surface area contributed by atoms with E-state index >= 15 is 0 Å². The summed E-state index contributed by atoms with van der Waals surface area (Å²) in [4.78, 5) is 24.1. The molecule has 1 rings (SSSR count). The number of hydrogen-bond acceptors (Lipinski definition) is 3. The van der Waals surface area contributed by atoms with Crippen molar-refractivity contribution in [2.75, 3.05) is 13.6 Å². The van der Waals surface area contributed by atoms with Crippen molar-refractivity contribution >= 4 is 55.0 Å². The van der Waals surface area contributed by atoms with Gasteiger partial charge in [-0.1, -0.05) is 0 Å². The monoisotopic (exact) mass is 396 g/mol. The molecule has 100 valence electrons. The van der Waals surface area contributed by atoms with Crippen molar-refractivity contribution in [3.8, 4) is 0 Å². The molecule has 0 fully saturated rings. The van der Waals surface area contributed by atoms with Gasteiger partial charge < -0.3 is 10.6 Å². The average molecular weight is 398 g/mol. The molecule has 1 aromatic heterocycles. The highest BCUT2D eigenvalue weighted by Crippen LogP contribution is 2.32. The maximum atomic E-state index is 11.9. The number of amides is 2. The standard InChI is InChI=1S/C11H14Br2N2O2S/c1-11(2,10(17)14-3)5-15-9(16)7-4-6(12)8(13)18-7/h4H,5H2,1-3H3,(H,14,17)(H,15,16). The van der Waals surface area contributed by atoms with Crippen molar-refractivity contribution in [2.24, 2.45) is 5.41 Å². The van der Waals surface area contributed by atoms with E-state index in [2.05, 4.69) is 42.5 Å². The normalized spacial score (nSPS) is 11.2. The van der Waals surface area contributed by atoms with Crippen LogP contribution in [0.25, 0.3) is 0 Å². The fourth-order valence-electron chi connectivity index (χ4n) is 1.27. The van der Waals surface area contributed by atoms with E-state index in [-0.39, 0.29) is 11.8 Å². The van der Waals surface area contributed by atoms with Crippen LogP contribution in [-0.4, -0.2) is 25.4 Å². The second-order valence-electron chi connectivity index (χ2n) is 4.38. The molecule has 0 aliphatic rings. The minimum atomic E-state index is -0.629. The Kier molecular flexibility index (Phi) is 5.36. The first-order valence-corrected chi connectivity index (χ1v) is 7.63. The Hall–Kier alpha value is -0.400. The molecule has 0 aliphatic heterocycles. The SMILES string of the molecule is CNC(=O)C(C)(C)CNC(=O)c1cc(Br)c(Br)s1. The average Bonchev–Trinajstić information content (AvgIpc) is 2.65. The molecule has 1 heterocycles. The van der Waals surface area contributed by atoms with Gasteiger partial charge >= 0.3 is 0 Å². The van der Waals surface area contributed by atoms with Crippen molar-refractivity contribution in [2.45, 2.75) is 13.8 Å². The molecule has 0 radical (unpaired) electrons. The zero-order valence-electron chi connectivity index (χ0n) is 10.3. The van der Waals surface area contributed by atoms with Crippen LogP contribution in [0.1, 0.15) is 23.5 Å². The van der Waals surface area contributed by atoms with Gasteiger partial charge in [0.25, 0.3) is 5.91 Å². The summed E-state index contributed by atoms with van der Waals surface area (Å²) < 4.78 is 1.72. The Morgan fingerprint density at radius 2 is 2.00 bits per heavy atom. The number of thiophene rings is 1. The van der Waals surface area contributed by atoms with Crippen molar-refractivity contribution in [3.63, 3.8) is 0 Å². The van der Waals surface area contributed by atoms with Crippen LogP contribution in [0.4, 0.5) is 0 Å². The number of hydrogen-bond donors (Lipinski definition) is 2. The van der Waals surface area contributed by atoms with Crippen LogP contribution in [0.15, 0.2) is 14.3 Å². The van der Waals surface area contributed by atoms with E-state index in [0.29, 0.717) is 11.4 Å². The molecule has 2 N–H and O–H groups in total. The van der Waals surface area contributed by atoms with Crippen molar-refractivity contribution in [1.82, 2.24) is 10.6 Å². The summed E-state index contributed by atoms with van der Waals surface area (Å²) in [5, 5.41) is 5.34. The third-order valence-electron chi connectivity index (χ3n) is 2.40. The quantitative estimate of drug-likeness (QED) is 0.820. The number of halogens is 2. The predicted molar refractivity (Wildman–Crippen MR) is 79.9 cm³/mol. The molecule has 2 amide bonds. The van der Waals surface area contributed by atoms with Crippen LogP contribution in [0.2, 0.25) is 0 Å². The molecule has 0 atom stereocenters. The lowest BCUT2D eigenvalue weighted by atomic mass is 9.92. The van der Waals surface area contributed by atoms with Gasteiger partial charge in [-0.3, -0.25) is 9.59 Å². The second kappa shape index (κ2) is 6.16. The molecule has 0 saturated heterocycles. The van der Waals surface area contributed by atoms with E-state index in [9.17, 15) is 9.59 Å². The molecule has 1 aromatic rings. The summed E-state index contributed by atoms with van der Waals surface area (Å²) in [5.74, 6) is -0.278. The third kappa shape index (κ3) is 3.80. The zero-order valence-corrected chi connectivity index (χ0v) is 14.3. The molecule has 7 heteroatoms. The highest BCUT2D eigenvalue weighted by Gasteiger charge is 2.27. The van der Waals surface area contributed by atoms with Gasteiger partial charge in [0.15, 0.2) is 0 Å². The van der Waals surface area contributed by atoms with Gasteiger partial charge in [-0.25, -0.2) is 0 Å². The van der Waals surface area contributed by atoms with Crippen LogP contribution in [0.3, 0.4) is 0 Å². The van der Waals surface area contributed by atoms with Gasteiger partial charge in [-0.15, -0.1) is 11.3 Å².